The summed E-state index contributed by atoms with van der Waals surface area (Å²) < 4.78 is 46.0. The Kier molecular flexibility index (Phi) is 4.37. The normalized spacial score (nSPS) is 11.4. The number of nitro benzene ring substituents is 1. The highest BCUT2D eigenvalue weighted by molar-refractivity contribution is 5.61. The molecule has 9 heteroatoms. The van der Waals surface area contributed by atoms with Crippen LogP contribution in [0.25, 0.3) is 16.9 Å². The summed E-state index contributed by atoms with van der Waals surface area (Å²) >= 11 is 0. The Hall–Kier alpha value is -3.36. The molecule has 134 valence electrons. The molecule has 6 nitrogen and oxygen atoms in total. The van der Waals surface area contributed by atoms with Crippen LogP contribution in [0.15, 0.2) is 54.6 Å². The van der Waals surface area contributed by atoms with E-state index in [1.54, 1.807) is 24.3 Å². The first-order valence-corrected chi connectivity index (χ1v) is 7.36. The van der Waals surface area contributed by atoms with Gasteiger partial charge in [-0.25, -0.2) is 4.68 Å². The molecule has 0 unspecified atom stereocenters. The van der Waals surface area contributed by atoms with Gasteiger partial charge in [-0.2, -0.15) is 18.3 Å². The fourth-order valence-corrected chi connectivity index (χ4v) is 2.40. The summed E-state index contributed by atoms with van der Waals surface area (Å²) in [6, 6.07) is 12.1. The Morgan fingerprint density at radius 3 is 2.19 bits per heavy atom. The number of non-ortho nitro benzene ring substituents is 1. The average molecular weight is 363 g/mol. The molecule has 1 aromatic heterocycles. The zero-order valence-corrected chi connectivity index (χ0v) is 13.4. The van der Waals surface area contributed by atoms with Crippen LogP contribution in [0.5, 0.6) is 5.75 Å². The van der Waals surface area contributed by atoms with Crippen molar-refractivity contribution in [3.8, 4) is 22.7 Å². The zero-order chi connectivity index (χ0) is 18.9. The van der Waals surface area contributed by atoms with Gasteiger partial charge in [0.05, 0.1) is 23.4 Å². The van der Waals surface area contributed by atoms with E-state index in [2.05, 4.69) is 5.10 Å². The van der Waals surface area contributed by atoms with Gasteiger partial charge in [-0.3, -0.25) is 10.1 Å². The highest BCUT2D eigenvalue weighted by atomic mass is 19.4. The third-order valence-electron chi connectivity index (χ3n) is 3.69. The molecule has 0 saturated carbocycles. The minimum absolute atomic E-state index is 0.0719. The largest absolute Gasteiger partial charge is 0.497 e. The van der Waals surface area contributed by atoms with Gasteiger partial charge in [0.25, 0.3) is 5.69 Å². The lowest BCUT2D eigenvalue weighted by Gasteiger charge is -2.09. The maximum Gasteiger partial charge on any atom is 0.433 e. The lowest BCUT2D eigenvalue weighted by molar-refractivity contribution is -0.384. The molecule has 0 N–H and O–H groups in total. The van der Waals surface area contributed by atoms with Gasteiger partial charge in [0.15, 0.2) is 0 Å². The molecule has 3 aromatic rings. The summed E-state index contributed by atoms with van der Waals surface area (Å²) in [5.74, 6) is 0.569. The van der Waals surface area contributed by atoms with Crippen LogP contribution in [-0.4, -0.2) is 21.8 Å². The third-order valence-corrected chi connectivity index (χ3v) is 3.69. The van der Waals surface area contributed by atoms with E-state index in [0.29, 0.717) is 11.3 Å². The molecule has 0 saturated heterocycles. The van der Waals surface area contributed by atoms with Crippen molar-refractivity contribution in [2.75, 3.05) is 7.11 Å². The molecular formula is C17H12F3N3O3. The first-order valence-electron chi connectivity index (χ1n) is 7.36. The van der Waals surface area contributed by atoms with E-state index in [9.17, 15) is 23.3 Å². The van der Waals surface area contributed by atoms with Gasteiger partial charge >= 0.3 is 6.18 Å². The number of benzene rings is 2. The molecule has 0 aliphatic carbocycles. The van der Waals surface area contributed by atoms with Gasteiger partial charge in [0.1, 0.15) is 11.4 Å². The van der Waals surface area contributed by atoms with E-state index >= 15 is 0 Å². The molecule has 2 aromatic carbocycles. The maximum atomic E-state index is 13.4. The number of aromatic nitrogens is 2. The number of ether oxygens (including phenoxy) is 1. The van der Waals surface area contributed by atoms with Gasteiger partial charge in [-0.05, 0) is 42.5 Å². The summed E-state index contributed by atoms with van der Waals surface area (Å²) in [5.41, 5.74) is -0.514. The van der Waals surface area contributed by atoms with Gasteiger partial charge in [0, 0.05) is 17.7 Å². The summed E-state index contributed by atoms with van der Waals surface area (Å²) in [7, 11) is 1.49. The zero-order valence-electron chi connectivity index (χ0n) is 13.4. The maximum absolute atomic E-state index is 13.4. The van der Waals surface area contributed by atoms with Crippen LogP contribution in [0.4, 0.5) is 18.9 Å². The molecule has 0 atom stereocenters. The second-order valence-corrected chi connectivity index (χ2v) is 5.33. The number of nitrogens with zero attached hydrogens (tertiary/aromatic N) is 3. The number of alkyl halides is 3. The molecule has 1 heterocycles. The van der Waals surface area contributed by atoms with Crippen LogP contribution in [0.1, 0.15) is 5.69 Å². The van der Waals surface area contributed by atoms with Crippen molar-refractivity contribution in [3.05, 3.63) is 70.4 Å². The summed E-state index contributed by atoms with van der Waals surface area (Å²) in [6.45, 7) is 0. The standard InChI is InChI=1S/C17H12F3N3O3/c1-26-14-8-2-11(3-9-14)15-10-16(17(18,19)20)22(21-15)12-4-6-13(7-5-12)23(24)25/h2-10H,1H3. The van der Waals surface area contributed by atoms with Crippen molar-refractivity contribution in [3.63, 3.8) is 0 Å². The monoisotopic (exact) mass is 363 g/mol. The van der Waals surface area contributed by atoms with Crippen LogP contribution in [0, 0.1) is 10.1 Å². The number of methoxy groups -OCH3 is 1. The highest BCUT2D eigenvalue weighted by Gasteiger charge is 2.36. The molecule has 0 radical (unpaired) electrons. The van der Waals surface area contributed by atoms with E-state index in [1.165, 1.54) is 19.2 Å². The Morgan fingerprint density at radius 2 is 1.69 bits per heavy atom. The summed E-state index contributed by atoms with van der Waals surface area (Å²) in [5, 5.41) is 14.7. The van der Waals surface area contributed by atoms with E-state index in [0.717, 1.165) is 22.9 Å². The lowest BCUT2D eigenvalue weighted by Crippen LogP contribution is -2.13. The molecule has 0 spiro atoms. The van der Waals surface area contributed by atoms with Gasteiger partial charge < -0.3 is 4.74 Å². The minimum atomic E-state index is -4.64. The molecule has 26 heavy (non-hydrogen) atoms. The molecule has 0 aliphatic rings. The van der Waals surface area contributed by atoms with E-state index in [1.807, 2.05) is 0 Å². The van der Waals surface area contributed by atoms with Crippen molar-refractivity contribution in [1.29, 1.82) is 0 Å². The number of hydrogen-bond acceptors (Lipinski definition) is 4. The lowest BCUT2D eigenvalue weighted by atomic mass is 10.1. The quantitative estimate of drug-likeness (QED) is 0.506. The van der Waals surface area contributed by atoms with Crippen molar-refractivity contribution in [2.24, 2.45) is 0 Å². The molecular weight excluding hydrogens is 351 g/mol. The first-order chi connectivity index (χ1) is 12.3. The Balaban J connectivity index is 2.08. The Bertz CT molecular complexity index is 933. The summed E-state index contributed by atoms with van der Waals surface area (Å²) in [4.78, 5) is 10.1. The topological polar surface area (TPSA) is 70.2 Å². The van der Waals surface area contributed by atoms with Crippen molar-refractivity contribution in [1.82, 2.24) is 9.78 Å². The number of hydrogen-bond donors (Lipinski definition) is 0. The molecule has 0 amide bonds. The molecule has 3 rings (SSSR count). The van der Waals surface area contributed by atoms with Crippen LogP contribution in [-0.2, 0) is 6.18 Å². The molecule has 0 aliphatic heterocycles. The predicted molar refractivity (Wildman–Crippen MR) is 87.2 cm³/mol. The third kappa shape index (κ3) is 3.37. The average Bonchev–Trinajstić information content (AvgIpc) is 3.07. The SMILES string of the molecule is COc1ccc(-c2cc(C(F)(F)F)n(-c3ccc([N+](=O)[O-])cc3)n2)cc1. The van der Waals surface area contributed by atoms with Crippen LogP contribution in [0.3, 0.4) is 0 Å². The van der Waals surface area contributed by atoms with Gasteiger partial charge in [0.2, 0.25) is 0 Å². The first kappa shape index (κ1) is 17.5. The van der Waals surface area contributed by atoms with E-state index in [-0.39, 0.29) is 17.1 Å². The van der Waals surface area contributed by atoms with Crippen LogP contribution in [0.2, 0.25) is 0 Å². The van der Waals surface area contributed by atoms with Crippen molar-refractivity contribution < 1.29 is 22.8 Å². The Labute approximate surface area is 145 Å². The minimum Gasteiger partial charge on any atom is -0.497 e. The number of halogens is 3. The molecule has 0 bridgehead atoms. The second kappa shape index (κ2) is 6.51. The van der Waals surface area contributed by atoms with E-state index in [4.69, 9.17) is 4.74 Å². The fraction of sp³-hybridized carbons (Fsp3) is 0.118. The van der Waals surface area contributed by atoms with Gasteiger partial charge in [-0.1, -0.05) is 0 Å². The fourth-order valence-electron chi connectivity index (χ4n) is 2.40. The van der Waals surface area contributed by atoms with Crippen molar-refractivity contribution in [2.45, 2.75) is 6.18 Å². The smallest absolute Gasteiger partial charge is 0.433 e. The Morgan fingerprint density at radius 1 is 1.08 bits per heavy atom. The number of rotatable bonds is 4. The van der Waals surface area contributed by atoms with Crippen molar-refractivity contribution >= 4 is 5.69 Å². The van der Waals surface area contributed by atoms with Gasteiger partial charge in [-0.15, -0.1) is 0 Å². The van der Waals surface area contributed by atoms with E-state index < -0.39 is 16.8 Å². The molecule has 0 fully saturated rings. The highest BCUT2D eigenvalue weighted by Crippen LogP contribution is 2.34. The number of nitro groups is 1. The van der Waals surface area contributed by atoms with Crippen LogP contribution >= 0.6 is 0 Å². The second-order valence-electron chi connectivity index (χ2n) is 5.33. The predicted octanol–water partition coefficient (Wildman–Crippen LogP) is 4.47. The van der Waals surface area contributed by atoms with Crippen LogP contribution < -0.4 is 4.74 Å². The summed E-state index contributed by atoms with van der Waals surface area (Å²) in [6.07, 6.45) is -4.64.